The van der Waals surface area contributed by atoms with Crippen LogP contribution >= 0.6 is 0 Å². The molecule has 5 aliphatic rings. The molecular formula is C55H86N4O5. The van der Waals surface area contributed by atoms with Crippen molar-refractivity contribution < 1.29 is 24.2 Å². The van der Waals surface area contributed by atoms with Gasteiger partial charge in [-0.15, -0.1) is 0 Å². The van der Waals surface area contributed by atoms with Gasteiger partial charge in [-0.3, -0.25) is 9.59 Å². The molecule has 6 rings (SSSR count). The third-order valence-corrected chi connectivity index (χ3v) is 16.2. The molecule has 11 atom stereocenters. The summed E-state index contributed by atoms with van der Waals surface area (Å²) in [5.41, 5.74) is 11.2. The smallest absolute Gasteiger partial charge is 0.316 e. The number of H-pyrrole nitrogens is 1. The van der Waals surface area contributed by atoms with E-state index in [2.05, 4.69) is 115 Å². The minimum Gasteiger partial charge on any atom is -0.468 e. The van der Waals surface area contributed by atoms with Crippen molar-refractivity contribution in [2.45, 2.75) is 178 Å². The van der Waals surface area contributed by atoms with Crippen LogP contribution in [0.1, 0.15) is 175 Å². The lowest BCUT2D eigenvalue weighted by atomic mass is 9.83. The molecule has 64 heavy (non-hydrogen) atoms. The summed E-state index contributed by atoms with van der Waals surface area (Å²) in [6.07, 6.45) is 21.2. The zero-order chi connectivity index (χ0) is 46.4. The second-order valence-electron chi connectivity index (χ2n) is 21.3. The number of ether oxygens (including phenoxy) is 2. The Hall–Kier alpha value is -3.72. The van der Waals surface area contributed by atoms with E-state index < -0.39 is 18.0 Å². The van der Waals surface area contributed by atoms with Gasteiger partial charge in [0.1, 0.15) is 5.92 Å². The maximum atomic E-state index is 13.7. The first-order valence-electron chi connectivity index (χ1n) is 25.6. The Morgan fingerprint density at radius 1 is 0.797 bits per heavy atom. The molecule has 0 amide bonds. The molecule has 0 aromatic carbocycles. The number of rotatable bonds is 21. The first-order chi connectivity index (χ1) is 30.6. The molecule has 5 heterocycles. The van der Waals surface area contributed by atoms with Crippen molar-refractivity contribution >= 4 is 24.1 Å². The van der Waals surface area contributed by atoms with Gasteiger partial charge in [-0.1, -0.05) is 133 Å². The molecule has 2 saturated heterocycles. The molecule has 1 aromatic rings. The molecule has 1 aliphatic carbocycles. The average Bonchev–Trinajstić information content (AvgIpc) is 3.99. The van der Waals surface area contributed by atoms with Crippen LogP contribution in [0.5, 0.6) is 0 Å². The molecule has 356 valence electrons. The van der Waals surface area contributed by atoms with Crippen molar-refractivity contribution in [3.05, 3.63) is 68.2 Å². The van der Waals surface area contributed by atoms with E-state index in [9.17, 15) is 14.7 Å². The number of aromatic amines is 1. The molecular weight excluding hydrogens is 797 g/mol. The van der Waals surface area contributed by atoms with Gasteiger partial charge in [0.05, 0.1) is 19.8 Å². The van der Waals surface area contributed by atoms with Crippen LogP contribution in [0.25, 0.3) is 12.2 Å². The Morgan fingerprint density at radius 3 is 2.03 bits per heavy atom. The molecule has 0 spiro atoms. The Kier molecular flexibility index (Phi) is 17.2. The van der Waals surface area contributed by atoms with Crippen LogP contribution in [0.4, 0.5) is 0 Å². The number of esters is 2. The SMILES string of the molecule is CCc1c2[nH]c(c1C)/C=C1\N/C(=C3\C4=C([C@@H](O)[C@@H]3C(=O)OC)[C@H](C)/C(=C/C3N/C(=C\2)[C@H](C)[C@@H]3CC)N4)[C@@H](CCC(=O)OCCC(C)CCC[C@@H](C)CCC[C@@H](C)CCCC(C)C)[C@@H]1C. The van der Waals surface area contributed by atoms with E-state index in [-0.39, 0.29) is 36.2 Å². The molecule has 5 N–H and O–H groups in total. The third-order valence-electron chi connectivity index (χ3n) is 16.2. The molecule has 2 unspecified atom stereocenters. The van der Waals surface area contributed by atoms with Crippen LogP contribution in [0.2, 0.25) is 0 Å². The second-order valence-corrected chi connectivity index (χ2v) is 21.3. The number of carbonyl (C=O) groups excluding carboxylic acids is 2. The molecule has 9 heteroatoms. The largest absolute Gasteiger partial charge is 0.468 e. The molecule has 9 nitrogen and oxygen atoms in total. The number of hydrogen-bond donors (Lipinski definition) is 5. The van der Waals surface area contributed by atoms with E-state index in [1.807, 2.05) is 0 Å². The van der Waals surface area contributed by atoms with Crippen LogP contribution in [-0.4, -0.2) is 47.9 Å². The van der Waals surface area contributed by atoms with E-state index in [1.54, 1.807) is 0 Å². The number of fused-ring (bicyclic) bond motifs is 7. The fourth-order valence-corrected chi connectivity index (χ4v) is 11.8. The molecule has 4 aliphatic heterocycles. The average molecular weight is 883 g/mol. The predicted molar refractivity (Wildman–Crippen MR) is 261 cm³/mol. The monoisotopic (exact) mass is 883 g/mol. The molecule has 8 bridgehead atoms. The maximum absolute atomic E-state index is 13.7. The van der Waals surface area contributed by atoms with E-state index in [1.165, 1.54) is 75.3 Å². The van der Waals surface area contributed by atoms with Crippen LogP contribution in [0.3, 0.4) is 0 Å². The zero-order valence-electron chi connectivity index (χ0n) is 41.8. The van der Waals surface area contributed by atoms with Gasteiger partial charge in [0, 0.05) is 81.6 Å². The Bertz CT molecular complexity index is 1970. The van der Waals surface area contributed by atoms with Crippen molar-refractivity contribution in [2.75, 3.05) is 13.7 Å². The summed E-state index contributed by atoms with van der Waals surface area (Å²) in [6.45, 7) is 25.5. The van der Waals surface area contributed by atoms with E-state index >= 15 is 0 Å². The molecule has 0 radical (unpaired) electrons. The highest BCUT2D eigenvalue weighted by Gasteiger charge is 2.52. The summed E-state index contributed by atoms with van der Waals surface area (Å²) in [4.78, 5) is 31.0. The number of hydrogen-bond acceptors (Lipinski definition) is 8. The highest BCUT2D eigenvalue weighted by molar-refractivity contribution is 5.82. The first-order valence-corrected chi connectivity index (χ1v) is 25.6. The van der Waals surface area contributed by atoms with Gasteiger partial charge in [0.25, 0.3) is 0 Å². The van der Waals surface area contributed by atoms with Crippen molar-refractivity contribution in [1.29, 1.82) is 0 Å². The van der Waals surface area contributed by atoms with Crippen LogP contribution in [0, 0.1) is 66.1 Å². The van der Waals surface area contributed by atoms with Gasteiger partial charge in [-0.2, -0.15) is 0 Å². The maximum Gasteiger partial charge on any atom is 0.316 e. The quantitative estimate of drug-likeness (QED) is 0.0773. The summed E-state index contributed by atoms with van der Waals surface area (Å²) in [7, 11) is 1.39. The van der Waals surface area contributed by atoms with E-state index in [0.717, 1.165) is 88.8 Å². The number of aromatic nitrogens is 1. The minimum atomic E-state index is -1.04. The standard InChI is InChI=1S/C55H86N4O5/c1-13-39-35(8)42-28-44-37(10)41(24-25-48(60)64-27-26-34(7)23-17-22-33(6)21-16-20-32(5)19-15-18-31(3)4)52(58-44)50-51(55(62)63-12)54(61)49-38(11)45(59-53(49)50)30-47-40(14-2)36(9)43(57-47)29-46(39)56-42/h28-34,36-38,40-41,47,51,54,56-59,61H,13-27H2,1-12H3/b43-29-,44-28-,45-30-,52-50-/t32-,33-,34?,36+,37-,38+,40-,41-,47?,51+,54+/m0/s1. The zero-order valence-corrected chi connectivity index (χ0v) is 41.8. The number of carbonyl (C=O) groups is 2. The van der Waals surface area contributed by atoms with Crippen LogP contribution in [0.15, 0.2) is 45.7 Å². The Balaban J connectivity index is 1.16. The molecule has 2 fully saturated rings. The number of methoxy groups -OCH3 is 1. The highest BCUT2D eigenvalue weighted by Crippen LogP contribution is 2.51. The summed E-state index contributed by atoms with van der Waals surface area (Å²) < 4.78 is 11.3. The van der Waals surface area contributed by atoms with Crippen LogP contribution in [-0.2, 0) is 25.5 Å². The summed E-state index contributed by atoms with van der Waals surface area (Å²) >= 11 is 0. The molecule has 0 saturated carbocycles. The third kappa shape index (κ3) is 11.1. The molecule has 1 aromatic heterocycles. The predicted octanol–water partition coefficient (Wildman–Crippen LogP) is 11.7. The van der Waals surface area contributed by atoms with Crippen molar-refractivity contribution in [2.24, 2.45) is 59.2 Å². The summed E-state index contributed by atoms with van der Waals surface area (Å²) in [5, 5.41) is 23.5. The van der Waals surface area contributed by atoms with Gasteiger partial charge in [0.15, 0.2) is 0 Å². The number of allylic oxidation sites excluding steroid dienone is 5. The highest BCUT2D eigenvalue weighted by atomic mass is 16.5. The summed E-state index contributed by atoms with van der Waals surface area (Å²) in [5.74, 6) is 1.86. The van der Waals surface area contributed by atoms with Gasteiger partial charge >= 0.3 is 11.9 Å². The lowest BCUT2D eigenvalue weighted by molar-refractivity contribution is -0.147. The van der Waals surface area contributed by atoms with Crippen molar-refractivity contribution in [3.63, 3.8) is 0 Å². The Morgan fingerprint density at radius 2 is 1.42 bits per heavy atom. The number of nitrogens with one attached hydrogen (secondary N) is 4. The van der Waals surface area contributed by atoms with Gasteiger partial charge in [0.2, 0.25) is 0 Å². The van der Waals surface area contributed by atoms with Gasteiger partial charge < -0.3 is 35.5 Å². The number of aliphatic hydroxyl groups excluding tert-OH is 1. The van der Waals surface area contributed by atoms with Gasteiger partial charge in [-0.05, 0) is 90.7 Å². The van der Waals surface area contributed by atoms with Gasteiger partial charge in [-0.25, -0.2) is 0 Å². The normalized spacial score (nSPS) is 31.0. The van der Waals surface area contributed by atoms with Crippen molar-refractivity contribution in [1.82, 2.24) is 20.9 Å². The first kappa shape index (κ1) is 49.7. The lowest BCUT2D eigenvalue weighted by Crippen LogP contribution is -2.34. The number of aliphatic hydroxyl groups is 1. The fraction of sp³-hybridized carbons (Fsp3) is 0.709. The lowest BCUT2D eigenvalue weighted by Gasteiger charge is -2.26. The topological polar surface area (TPSA) is 125 Å². The van der Waals surface area contributed by atoms with E-state index in [0.29, 0.717) is 30.8 Å². The van der Waals surface area contributed by atoms with Crippen LogP contribution < -0.4 is 16.0 Å². The second kappa shape index (κ2) is 22.2. The summed E-state index contributed by atoms with van der Waals surface area (Å²) in [6, 6.07) is 0.105. The Labute approximate surface area is 387 Å². The van der Waals surface area contributed by atoms with E-state index in [4.69, 9.17) is 9.47 Å². The minimum absolute atomic E-state index is 0.00182. The fourth-order valence-electron chi connectivity index (χ4n) is 11.8. The van der Waals surface area contributed by atoms with Crippen molar-refractivity contribution in [3.8, 4) is 0 Å².